The Kier molecular flexibility index (Phi) is 4.91. The molecule has 1 N–H and O–H groups in total. The van der Waals surface area contributed by atoms with Gasteiger partial charge in [-0.05, 0) is 17.9 Å². The molecule has 0 aliphatic carbocycles. The van der Waals surface area contributed by atoms with Crippen molar-refractivity contribution in [2.24, 2.45) is 0 Å². The predicted molar refractivity (Wildman–Crippen MR) is 66.5 cm³/mol. The highest BCUT2D eigenvalue weighted by molar-refractivity contribution is 6.66. The molecule has 1 rings (SSSR count). The van der Waals surface area contributed by atoms with Crippen molar-refractivity contribution < 1.29 is 19.3 Å². The van der Waals surface area contributed by atoms with E-state index in [1.807, 2.05) is 6.92 Å². The van der Waals surface area contributed by atoms with E-state index < -0.39 is 6.92 Å². The van der Waals surface area contributed by atoms with Crippen molar-refractivity contribution in [1.82, 2.24) is 0 Å². The first-order chi connectivity index (χ1) is 8.13. The van der Waals surface area contributed by atoms with Crippen LogP contribution in [0.5, 0.6) is 5.75 Å². The summed E-state index contributed by atoms with van der Waals surface area (Å²) in [6.07, 6.45) is 2.07. The fourth-order valence-corrected chi connectivity index (χ4v) is 1.54. The first-order valence-electron chi connectivity index (χ1n) is 5.53. The lowest BCUT2D eigenvalue weighted by Crippen LogP contribution is -2.30. The fraction of sp³-hybridized carbons (Fsp3) is 0.333. The lowest BCUT2D eigenvalue weighted by Gasteiger charge is -2.14. The van der Waals surface area contributed by atoms with Gasteiger partial charge in [0.1, 0.15) is 12.0 Å². The minimum Gasteiger partial charge on any atom is -0.493 e. The minimum absolute atomic E-state index is 0.291. The van der Waals surface area contributed by atoms with Gasteiger partial charge in [-0.2, -0.15) is 0 Å². The highest BCUT2D eigenvalue weighted by Crippen LogP contribution is 2.17. The maximum atomic E-state index is 11.0. The van der Waals surface area contributed by atoms with E-state index in [1.165, 1.54) is 12.1 Å². The molecule has 5 heteroatoms. The van der Waals surface area contributed by atoms with E-state index in [0.29, 0.717) is 41.5 Å². The van der Waals surface area contributed by atoms with Crippen LogP contribution in [0.1, 0.15) is 34.1 Å². The van der Waals surface area contributed by atoms with Crippen LogP contribution in [0.15, 0.2) is 12.1 Å². The molecule has 0 amide bonds. The Morgan fingerprint density at radius 1 is 1.35 bits per heavy atom. The molecule has 4 nitrogen and oxygen atoms in total. The van der Waals surface area contributed by atoms with Gasteiger partial charge in [0.25, 0.3) is 0 Å². The topological polar surface area (TPSA) is 63.6 Å². The smallest absolute Gasteiger partial charge is 0.324 e. The Bertz CT molecular complexity index is 415. The van der Waals surface area contributed by atoms with Gasteiger partial charge in [0, 0.05) is 5.56 Å². The number of rotatable bonds is 6. The average molecular weight is 234 g/mol. The van der Waals surface area contributed by atoms with E-state index >= 15 is 0 Å². The maximum absolute atomic E-state index is 11.0. The van der Waals surface area contributed by atoms with Crippen LogP contribution in [0.25, 0.3) is 0 Å². The van der Waals surface area contributed by atoms with E-state index in [9.17, 15) is 14.6 Å². The van der Waals surface area contributed by atoms with Gasteiger partial charge in [-0.15, -0.1) is 0 Å². The molecule has 0 saturated heterocycles. The maximum Gasteiger partial charge on any atom is 0.324 e. The molecule has 0 aliphatic rings. The van der Waals surface area contributed by atoms with Gasteiger partial charge in [0.2, 0.25) is 0 Å². The molecule has 0 saturated carbocycles. The molecule has 0 bridgehead atoms. The van der Waals surface area contributed by atoms with Gasteiger partial charge in [-0.3, -0.25) is 9.59 Å². The molecule has 0 radical (unpaired) electrons. The Hall–Kier alpha value is -1.62. The second kappa shape index (κ2) is 6.20. The SMILES string of the molecule is CCCOc1c(C=O)cc(C=O)cc1B(C)O. The summed E-state index contributed by atoms with van der Waals surface area (Å²) >= 11 is 0. The van der Waals surface area contributed by atoms with Gasteiger partial charge in [-0.1, -0.05) is 19.8 Å². The molecule has 0 atom stereocenters. The Morgan fingerprint density at radius 3 is 2.53 bits per heavy atom. The van der Waals surface area contributed by atoms with E-state index in [0.717, 1.165) is 6.42 Å². The first-order valence-corrected chi connectivity index (χ1v) is 5.53. The van der Waals surface area contributed by atoms with Gasteiger partial charge < -0.3 is 9.76 Å². The zero-order valence-corrected chi connectivity index (χ0v) is 9.97. The van der Waals surface area contributed by atoms with Crippen LogP contribution in [0, 0.1) is 0 Å². The van der Waals surface area contributed by atoms with Crippen molar-refractivity contribution in [1.29, 1.82) is 0 Å². The third-order valence-corrected chi connectivity index (χ3v) is 2.33. The molecule has 90 valence electrons. The number of ether oxygens (including phenoxy) is 1. The normalized spacial score (nSPS) is 9.82. The van der Waals surface area contributed by atoms with Crippen molar-refractivity contribution in [2.75, 3.05) is 6.61 Å². The molecule has 0 aliphatic heterocycles. The van der Waals surface area contributed by atoms with Crippen LogP contribution in [-0.4, -0.2) is 31.1 Å². The summed E-state index contributed by atoms with van der Waals surface area (Å²) in [5, 5.41) is 9.63. The number of benzene rings is 1. The van der Waals surface area contributed by atoms with Crippen LogP contribution in [0.2, 0.25) is 6.82 Å². The van der Waals surface area contributed by atoms with Crippen molar-refractivity contribution in [3.8, 4) is 5.75 Å². The molecule has 0 aromatic heterocycles. The summed E-state index contributed by atoms with van der Waals surface area (Å²) in [6.45, 7) is 3.18. The fourth-order valence-electron chi connectivity index (χ4n) is 1.54. The van der Waals surface area contributed by atoms with E-state index in [2.05, 4.69) is 0 Å². The second-order valence-electron chi connectivity index (χ2n) is 3.79. The minimum atomic E-state index is -0.791. The van der Waals surface area contributed by atoms with Crippen LogP contribution in [-0.2, 0) is 0 Å². The molecular weight excluding hydrogens is 219 g/mol. The molecular formula is C12H15BO4. The third kappa shape index (κ3) is 3.17. The average Bonchev–Trinajstić information content (AvgIpc) is 2.35. The lowest BCUT2D eigenvalue weighted by molar-refractivity contribution is 0.111. The Labute approximate surface area is 101 Å². The van der Waals surface area contributed by atoms with Crippen molar-refractivity contribution >= 4 is 25.0 Å². The molecule has 0 heterocycles. The highest BCUT2D eigenvalue weighted by Gasteiger charge is 2.18. The van der Waals surface area contributed by atoms with Crippen molar-refractivity contribution in [3.05, 3.63) is 23.3 Å². The lowest BCUT2D eigenvalue weighted by atomic mass is 9.63. The van der Waals surface area contributed by atoms with E-state index in [1.54, 1.807) is 6.82 Å². The number of hydrogen-bond donors (Lipinski definition) is 1. The third-order valence-electron chi connectivity index (χ3n) is 2.33. The first kappa shape index (κ1) is 13.4. The summed E-state index contributed by atoms with van der Waals surface area (Å²) in [6, 6.07) is 2.99. The van der Waals surface area contributed by atoms with Crippen LogP contribution in [0.3, 0.4) is 0 Å². The quantitative estimate of drug-likeness (QED) is 0.587. The largest absolute Gasteiger partial charge is 0.493 e. The molecule has 1 aromatic carbocycles. The van der Waals surface area contributed by atoms with Gasteiger partial charge in [0.15, 0.2) is 6.29 Å². The van der Waals surface area contributed by atoms with Gasteiger partial charge in [0.05, 0.1) is 12.2 Å². The standard InChI is InChI=1S/C12H15BO4/c1-3-4-17-12-10(8-15)5-9(7-14)6-11(12)13(2)16/h5-8,16H,3-4H2,1-2H3. The van der Waals surface area contributed by atoms with E-state index in [4.69, 9.17) is 4.74 Å². The second-order valence-corrected chi connectivity index (χ2v) is 3.79. The summed E-state index contributed by atoms with van der Waals surface area (Å²) in [4.78, 5) is 21.7. The summed E-state index contributed by atoms with van der Waals surface area (Å²) in [7, 11) is 0. The Morgan fingerprint density at radius 2 is 2.06 bits per heavy atom. The van der Waals surface area contributed by atoms with Gasteiger partial charge in [-0.25, -0.2) is 0 Å². The summed E-state index contributed by atoms with van der Waals surface area (Å²) in [5.41, 5.74) is 1.11. The van der Waals surface area contributed by atoms with Crippen LogP contribution < -0.4 is 10.2 Å². The van der Waals surface area contributed by atoms with Crippen molar-refractivity contribution in [2.45, 2.75) is 20.2 Å². The number of aldehydes is 2. The number of hydrogen-bond acceptors (Lipinski definition) is 4. The van der Waals surface area contributed by atoms with E-state index in [-0.39, 0.29) is 0 Å². The zero-order chi connectivity index (χ0) is 12.8. The molecule has 0 unspecified atom stereocenters. The van der Waals surface area contributed by atoms with Crippen LogP contribution >= 0.6 is 0 Å². The number of carbonyl (C=O) groups is 2. The molecule has 1 aromatic rings. The number of carbonyl (C=O) groups excluding carboxylic acids is 2. The van der Waals surface area contributed by atoms with Crippen LogP contribution in [0.4, 0.5) is 0 Å². The van der Waals surface area contributed by atoms with Gasteiger partial charge >= 0.3 is 6.92 Å². The zero-order valence-electron chi connectivity index (χ0n) is 9.97. The summed E-state index contributed by atoms with van der Waals surface area (Å²) in [5.74, 6) is 0.363. The predicted octanol–water partition coefficient (Wildman–Crippen LogP) is 0.921. The Balaban J connectivity index is 3.29. The highest BCUT2D eigenvalue weighted by atomic mass is 16.5. The van der Waals surface area contributed by atoms with Crippen molar-refractivity contribution in [3.63, 3.8) is 0 Å². The molecule has 0 fully saturated rings. The molecule has 17 heavy (non-hydrogen) atoms. The monoisotopic (exact) mass is 234 g/mol. The summed E-state index contributed by atoms with van der Waals surface area (Å²) < 4.78 is 5.46. The molecule has 0 spiro atoms.